The quantitative estimate of drug-likeness (QED) is 0.432. The molecule has 0 radical (unpaired) electrons. The monoisotopic (exact) mass is 458 g/mol. The number of hydrogen-bond donors (Lipinski definition) is 2. The van der Waals surface area contributed by atoms with E-state index in [1.165, 1.54) is 23.1 Å². The Morgan fingerprint density at radius 2 is 1.94 bits per heavy atom. The number of imide groups is 1. The van der Waals surface area contributed by atoms with Crippen molar-refractivity contribution < 1.29 is 9.59 Å². The third kappa shape index (κ3) is 4.83. The van der Waals surface area contributed by atoms with E-state index in [-0.39, 0.29) is 5.56 Å². The van der Waals surface area contributed by atoms with Gasteiger partial charge in [0.15, 0.2) is 5.16 Å². The van der Waals surface area contributed by atoms with Crippen LogP contribution in [0.4, 0.5) is 10.5 Å². The molecule has 3 rings (SSSR count). The maximum absolute atomic E-state index is 13.0. The first-order valence-corrected chi connectivity index (χ1v) is 11.7. The maximum atomic E-state index is 13.0. The van der Waals surface area contributed by atoms with Crippen LogP contribution in [0, 0.1) is 27.7 Å². The Bertz CT molecular complexity index is 1230. The Morgan fingerprint density at radius 1 is 1.23 bits per heavy atom. The molecule has 0 saturated carbocycles. The molecule has 0 saturated heterocycles. The Morgan fingerprint density at radius 3 is 2.58 bits per heavy atom. The number of aromatic nitrogens is 2. The van der Waals surface area contributed by atoms with E-state index in [1.54, 1.807) is 17.6 Å². The highest BCUT2D eigenvalue weighted by atomic mass is 32.2. The highest BCUT2D eigenvalue weighted by molar-refractivity contribution is 8.00. The van der Waals surface area contributed by atoms with Gasteiger partial charge in [0.25, 0.3) is 5.56 Å². The lowest BCUT2D eigenvalue weighted by atomic mass is 10.1. The van der Waals surface area contributed by atoms with Gasteiger partial charge in [-0.1, -0.05) is 29.5 Å². The van der Waals surface area contributed by atoms with E-state index in [4.69, 9.17) is 0 Å². The van der Waals surface area contributed by atoms with Gasteiger partial charge in [-0.15, -0.1) is 11.3 Å². The molecule has 0 spiro atoms. The van der Waals surface area contributed by atoms with Crippen LogP contribution >= 0.6 is 23.1 Å². The van der Waals surface area contributed by atoms with Gasteiger partial charge in [0, 0.05) is 17.1 Å². The van der Waals surface area contributed by atoms with Crippen LogP contribution in [-0.4, -0.2) is 26.7 Å². The summed E-state index contributed by atoms with van der Waals surface area (Å²) in [5, 5.41) is 5.57. The minimum absolute atomic E-state index is 0.1000. The molecular weight excluding hydrogens is 432 g/mol. The minimum atomic E-state index is -0.617. The minimum Gasteiger partial charge on any atom is -0.307 e. The van der Waals surface area contributed by atoms with Gasteiger partial charge in [0.05, 0.1) is 10.6 Å². The Labute approximate surface area is 189 Å². The molecule has 9 heteroatoms. The van der Waals surface area contributed by atoms with Gasteiger partial charge in [0.1, 0.15) is 4.83 Å². The number of benzene rings is 1. The molecule has 7 nitrogen and oxygen atoms in total. The van der Waals surface area contributed by atoms with Crippen LogP contribution in [0.15, 0.2) is 28.2 Å². The molecule has 3 aromatic rings. The summed E-state index contributed by atoms with van der Waals surface area (Å²) >= 11 is 2.64. The molecule has 0 aliphatic heterocycles. The molecule has 1 atom stereocenters. The lowest BCUT2D eigenvalue weighted by molar-refractivity contribution is -0.119. The van der Waals surface area contributed by atoms with E-state index >= 15 is 0 Å². The molecule has 1 unspecified atom stereocenters. The van der Waals surface area contributed by atoms with Gasteiger partial charge in [-0.25, -0.2) is 9.78 Å². The van der Waals surface area contributed by atoms with Gasteiger partial charge < -0.3 is 5.32 Å². The maximum Gasteiger partial charge on any atom is 0.325 e. The molecule has 2 heterocycles. The van der Waals surface area contributed by atoms with Crippen LogP contribution in [-0.2, 0) is 11.3 Å². The number of fused-ring (bicyclic) bond motifs is 1. The molecule has 3 amide bonds. The summed E-state index contributed by atoms with van der Waals surface area (Å²) in [5.41, 5.74) is 3.50. The Kier molecular flexibility index (Phi) is 6.86. The highest BCUT2D eigenvalue weighted by Gasteiger charge is 2.22. The number of aryl methyl sites for hydroxylation is 4. The number of anilines is 1. The zero-order chi connectivity index (χ0) is 22.9. The lowest BCUT2D eigenvalue weighted by Gasteiger charge is -2.15. The second-order valence-electron chi connectivity index (χ2n) is 7.43. The average Bonchev–Trinajstić information content (AvgIpc) is 2.98. The third-order valence-electron chi connectivity index (χ3n) is 5.09. The first kappa shape index (κ1) is 23.0. The molecule has 0 aliphatic carbocycles. The number of thiophene rings is 1. The van der Waals surface area contributed by atoms with Crippen molar-refractivity contribution in [2.75, 3.05) is 5.32 Å². The topological polar surface area (TPSA) is 93.1 Å². The summed E-state index contributed by atoms with van der Waals surface area (Å²) in [4.78, 5) is 44.2. The van der Waals surface area contributed by atoms with Crippen LogP contribution in [0.1, 0.15) is 35.4 Å². The van der Waals surface area contributed by atoms with Crippen molar-refractivity contribution in [2.45, 2.75) is 58.5 Å². The molecule has 31 heavy (non-hydrogen) atoms. The molecule has 1 aromatic carbocycles. The SMILES string of the molecule is CCn1c(SC(C)C(=O)NC(=O)Nc2ccc(C)cc2C)nc2sc(C)c(C)c2c1=O. The van der Waals surface area contributed by atoms with Crippen molar-refractivity contribution in [3.05, 3.63) is 50.1 Å². The Hall–Kier alpha value is -2.65. The summed E-state index contributed by atoms with van der Waals surface area (Å²) < 4.78 is 1.58. The molecule has 0 aliphatic rings. The van der Waals surface area contributed by atoms with Gasteiger partial charge in [-0.05, 0) is 58.7 Å². The number of carbonyl (C=O) groups is 2. The van der Waals surface area contributed by atoms with Gasteiger partial charge in [-0.3, -0.25) is 19.5 Å². The predicted octanol–water partition coefficient (Wildman–Crippen LogP) is 4.54. The van der Waals surface area contributed by atoms with Crippen molar-refractivity contribution in [1.82, 2.24) is 14.9 Å². The number of carbonyl (C=O) groups excluding carboxylic acids is 2. The molecule has 0 bridgehead atoms. The Balaban J connectivity index is 1.75. The lowest BCUT2D eigenvalue weighted by Crippen LogP contribution is -2.39. The second kappa shape index (κ2) is 9.23. The molecule has 164 valence electrons. The number of thioether (sulfide) groups is 1. The number of rotatable bonds is 5. The van der Waals surface area contributed by atoms with E-state index in [9.17, 15) is 14.4 Å². The fourth-order valence-corrected chi connectivity index (χ4v) is 5.25. The van der Waals surface area contributed by atoms with Crippen molar-refractivity contribution >= 4 is 50.9 Å². The van der Waals surface area contributed by atoms with E-state index in [0.717, 1.165) is 21.6 Å². The number of urea groups is 1. The highest BCUT2D eigenvalue weighted by Crippen LogP contribution is 2.29. The van der Waals surface area contributed by atoms with E-state index in [1.807, 2.05) is 46.8 Å². The molecule has 0 fully saturated rings. The van der Waals surface area contributed by atoms with Crippen molar-refractivity contribution in [2.24, 2.45) is 0 Å². The van der Waals surface area contributed by atoms with Crippen molar-refractivity contribution in [1.29, 1.82) is 0 Å². The van der Waals surface area contributed by atoms with Crippen molar-refractivity contribution in [3.8, 4) is 0 Å². The van der Waals surface area contributed by atoms with E-state index in [0.29, 0.717) is 27.6 Å². The molecular formula is C22H26N4O3S2. The fourth-order valence-electron chi connectivity index (χ4n) is 3.21. The summed E-state index contributed by atoms with van der Waals surface area (Å²) in [6, 6.07) is 5.06. The van der Waals surface area contributed by atoms with Crippen LogP contribution in [0.5, 0.6) is 0 Å². The summed E-state index contributed by atoms with van der Waals surface area (Å²) in [7, 11) is 0. The van der Waals surface area contributed by atoms with Crippen LogP contribution in [0.3, 0.4) is 0 Å². The largest absolute Gasteiger partial charge is 0.325 e. The summed E-state index contributed by atoms with van der Waals surface area (Å²) in [5.74, 6) is -0.456. The molecule has 2 aromatic heterocycles. The molecule has 2 N–H and O–H groups in total. The standard InChI is InChI=1S/C22H26N4O3S2/c1-7-26-20(28)17-13(4)14(5)30-19(17)25-22(26)31-15(6)18(27)24-21(29)23-16-9-8-11(2)10-12(16)3/h8-10,15H,7H2,1-6H3,(H2,23,24,27,29). The van der Waals surface area contributed by atoms with Gasteiger partial charge in [-0.2, -0.15) is 0 Å². The van der Waals surface area contributed by atoms with Crippen LogP contribution in [0.2, 0.25) is 0 Å². The van der Waals surface area contributed by atoms with Gasteiger partial charge in [0.2, 0.25) is 5.91 Å². The van der Waals surface area contributed by atoms with E-state index in [2.05, 4.69) is 15.6 Å². The van der Waals surface area contributed by atoms with Crippen LogP contribution < -0.4 is 16.2 Å². The van der Waals surface area contributed by atoms with E-state index < -0.39 is 17.2 Å². The number of amides is 3. The zero-order valence-corrected chi connectivity index (χ0v) is 20.1. The first-order chi connectivity index (χ1) is 14.6. The smallest absolute Gasteiger partial charge is 0.307 e. The third-order valence-corrected chi connectivity index (χ3v) is 7.28. The number of hydrogen-bond acceptors (Lipinski definition) is 6. The fraction of sp³-hybridized carbons (Fsp3) is 0.364. The average molecular weight is 459 g/mol. The number of nitrogens with zero attached hydrogens (tertiary/aromatic N) is 2. The summed E-state index contributed by atoms with van der Waals surface area (Å²) in [6.07, 6.45) is 0. The zero-order valence-electron chi connectivity index (χ0n) is 18.5. The summed E-state index contributed by atoms with van der Waals surface area (Å²) in [6.45, 7) is 11.8. The number of nitrogens with one attached hydrogen (secondary N) is 2. The first-order valence-electron chi connectivity index (χ1n) is 9.98. The van der Waals surface area contributed by atoms with Crippen molar-refractivity contribution in [3.63, 3.8) is 0 Å². The van der Waals surface area contributed by atoms with Crippen LogP contribution in [0.25, 0.3) is 10.2 Å². The van der Waals surface area contributed by atoms with Gasteiger partial charge >= 0.3 is 6.03 Å². The normalized spacial score (nSPS) is 12.1. The second-order valence-corrected chi connectivity index (χ2v) is 9.94. The predicted molar refractivity (Wildman–Crippen MR) is 127 cm³/mol.